The van der Waals surface area contributed by atoms with Crippen molar-refractivity contribution in [2.75, 3.05) is 31.9 Å². The zero-order valence-corrected chi connectivity index (χ0v) is 11.7. The van der Waals surface area contributed by atoms with Gasteiger partial charge in [-0.1, -0.05) is 13.8 Å². The van der Waals surface area contributed by atoms with Crippen LogP contribution in [0.4, 0.5) is 0 Å². The molecule has 0 saturated carbocycles. The zero-order chi connectivity index (χ0) is 12.9. The Bertz CT molecular complexity index is 317. The average Bonchev–Trinajstić information content (AvgIpc) is 2.23. The van der Waals surface area contributed by atoms with Crippen molar-refractivity contribution >= 4 is 10.0 Å². The van der Waals surface area contributed by atoms with Crippen LogP contribution in [-0.4, -0.2) is 51.3 Å². The molecule has 1 rings (SSSR count). The molecule has 0 aromatic carbocycles. The molecule has 0 amide bonds. The minimum atomic E-state index is -3.32. The SMILES string of the molecule is CC(C)NCC1CCCN(CCS(N)(=O)=O)C1. The van der Waals surface area contributed by atoms with Crippen molar-refractivity contribution in [3.63, 3.8) is 0 Å². The molecular weight excluding hydrogens is 238 g/mol. The summed E-state index contributed by atoms with van der Waals surface area (Å²) in [5.74, 6) is 0.698. The van der Waals surface area contributed by atoms with Gasteiger partial charge in [0.1, 0.15) is 0 Å². The number of nitrogens with two attached hydrogens (primary N) is 1. The van der Waals surface area contributed by atoms with Gasteiger partial charge >= 0.3 is 0 Å². The number of nitrogens with zero attached hydrogens (tertiary/aromatic N) is 1. The number of piperidine rings is 1. The summed E-state index contributed by atoms with van der Waals surface area (Å²) in [5, 5.41) is 8.46. The monoisotopic (exact) mass is 263 g/mol. The summed E-state index contributed by atoms with van der Waals surface area (Å²) in [6.07, 6.45) is 2.38. The number of nitrogens with one attached hydrogen (secondary N) is 1. The highest BCUT2D eigenvalue weighted by molar-refractivity contribution is 7.89. The van der Waals surface area contributed by atoms with Gasteiger partial charge in [0.15, 0.2) is 0 Å². The van der Waals surface area contributed by atoms with Crippen LogP contribution in [0.15, 0.2) is 0 Å². The van der Waals surface area contributed by atoms with Crippen molar-refractivity contribution in [1.82, 2.24) is 10.2 Å². The van der Waals surface area contributed by atoms with Gasteiger partial charge in [-0.25, -0.2) is 13.6 Å². The molecule has 1 fully saturated rings. The first-order valence-corrected chi connectivity index (χ1v) is 8.04. The highest BCUT2D eigenvalue weighted by Gasteiger charge is 2.20. The molecular formula is C11H25N3O2S. The van der Waals surface area contributed by atoms with Crippen molar-refractivity contribution in [3.8, 4) is 0 Å². The average molecular weight is 263 g/mol. The van der Waals surface area contributed by atoms with E-state index in [9.17, 15) is 8.42 Å². The normalized spacial score (nSPS) is 23.2. The molecule has 17 heavy (non-hydrogen) atoms. The molecule has 0 aromatic rings. The molecule has 3 N–H and O–H groups in total. The fraction of sp³-hybridized carbons (Fsp3) is 1.00. The predicted molar refractivity (Wildman–Crippen MR) is 70.3 cm³/mol. The van der Waals surface area contributed by atoms with Crippen LogP contribution in [0.2, 0.25) is 0 Å². The van der Waals surface area contributed by atoms with E-state index in [0.717, 1.165) is 26.1 Å². The van der Waals surface area contributed by atoms with Crippen molar-refractivity contribution in [2.45, 2.75) is 32.7 Å². The molecule has 0 aromatic heterocycles. The Morgan fingerprint density at radius 2 is 2.18 bits per heavy atom. The molecule has 1 saturated heterocycles. The molecule has 5 nitrogen and oxygen atoms in total. The zero-order valence-electron chi connectivity index (χ0n) is 10.9. The summed E-state index contributed by atoms with van der Waals surface area (Å²) < 4.78 is 21.8. The van der Waals surface area contributed by atoms with E-state index in [-0.39, 0.29) is 5.75 Å². The standard InChI is InChI=1S/C11H25N3O2S/c1-10(2)13-8-11-4-3-5-14(9-11)6-7-17(12,15)16/h10-11,13H,3-9H2,1-2H3,(H2,12,15,16). The van der Waals surface area contributed by atoms with E-state index in [0.29, 0.717) is 18.5 Å². The predicted octanol–water partition coefficient (Wildman–Crippen LogP) is -0.0151. The Morgan fingerprint density at radius 1 is 1.47 bits per heavy atom. The molecule has 0 aliphatic carbocycles. The highest BCUT2D eigenvalue weighted by Crippen LogP contribution is 2.15. The fourth-order valence-corrected chi connectivity index (χ4v) is 2.69. The summed E-state index contributed by atoms with van der Waals surface area (Å²) >= 11 is 0. The largest absolute Gasteiger partial charge is 0.314 e. The number of hydrogen-bond donors (Lipinski definition) is 2. The van der Waals surface area contributed by atoms with Crippen molar-refractivity contribution < 1.29 is 8.42 Å². The highest BCUT2D eigenvalue weighted by atomic mass is 32.2. The first-order chi connectivity index (χ1) is 7.87. The minimum absolute atomic E-state index is 0.0668. The lowest BCUT2D eigenvalue weighted by Gasteiger charge is -2.33. The first kappa shape index (κ1) is 14.9. The topological polar surface area (TPSA) is 75.4 Å². The van der Waals surface area contributed by atoms with Gasteiger partial charge in [0.25, 0.3) is 0 Å². The molecule has 1 heterocycles. The molecule has 0 bridgehead atoms. The third-order valence-corrected chi connectivity index (χ3v) is 3.86. The number of primary sulfonamides is 1. The van der Waals surface area contributed by atoms with E-state index in [1.165, 1.54) is 6.42 Å². The number of sulfonamides is 1. The van der Waals surface area contributed by atoms with E-state index in [2.05, 4.69) is 24.1 Å². The lowest BCUT2D eigenvalue weighted by molar-refractivity contribution is 0.179. The molecule has 0 radical (unpaired) electrons. The summed E-state index contributed by atoms with van der Waals surface area (Å²) in [6.45, 7) is 7.84. The number of likely N-dealkylation sites (tertiary alicyclic amines) is 1. The van der Waals surface area contributed by atoms with Gasteiger partial charge < -0.3 is 10.2 Å². The molecule has 1 aliphatic heterocycles. The summed E-state index contributed by atoms with van der Waals surface area (Å²) in [6, 6.07) is 0.509. The van der Waals surface area contributed by atoms with Crippen LogP contribution < -0.4 is 10.5 Å². The van der Waals surface area contributed by atoms with Crippen molar-refractivity contribution in [2.24, 2.45) is 11.1 Å². The number of rotatable bonds is 6. The third kappa shape index (κ3) is 6.98. The molecule has 102 valence electrons. The Labute approximate surface area is 105 Å². The van der Waals surface area contributed by atoms with Crippen LogP contribution in [0, 0.1) is 5.92 Å². The first-order valence-electron chi connectivity index (χ1n) is 6.33. The second kappa shape index (κ2) is 6.68. The van der Waals surface area contributed by atoms with Gasteiger partial charge in [-0.05, 0) is 31.8 Å². The van der Waals surface area contributed by atoms with E-state index >= 15 is 0 Å². The number of hydrogen-bond acceptors (Lipinski definition) is 4. The second-order valence-corrected chi connectivity index (χ2v) is 6.97. The van der Waals surface area contributed by atoms with Gasteiger partial charge in [-0.15, -0.1) is 0 Å². The lowest BCUT2D eigenvalue weighted by atomic mass is 9.98. The lowest BCUT2D eigenvalue weighted by Crippen LogP contribution is -2.43. The quantitative estimate of drug-likeness (QED) is 0.706. The molecule has 1 atom stereocenters. The molecule has 6 heteroatoms. The maximum Gasteiger partial charge on any atom is 0.210 e. The molecule has 1 unspecified atom stereocenters. The van der Waals surface area contributed by atoms with Crippen LogP contribution in [0.3, 0.4) is 0 Å². The fourth-order valence-electron chi connectivity index (χ4n) is 2.18. The summed E-state index contributed by atoms with van der Waals surface area (Å²) in [4.78, 5) is 2.21. The third-order valence-electron chi connectivity index (χ3n) is 3.11. The Balaban J connectivity index is 2.28. The van der Waals surface area contributed by atoms with Crippen molar-refractivity contribution in [3.05, 3.63) is 0 Å². The van der Waals surface area contributed by atoms with Gasteiger partial charge in [0, 0.05) is 19.1 Å². The second-order valence-electron chi connectivity index (χ2n) is 5.24. The van der Waals surface area contributed by atoms with Crippen LogP contribution in [-0.2, 0) is 10.0 Å². The van der Waals surface area contributed by atoms with Crippen LogP contribution >= 0.6 is 0 Å². The Kier molecular flexibility index (Phi) is 5.85. The van der Waals surface area contributed by atoms with Gasteiger partial charge in [-0.3, -0.25) is 0 Å². The summed E-state index contributed by atoms with van der Waals surface area (Å²) in [5.41, 5.74) is 0. The van der Waals surface area contributed by atoms with Crippen LogP contribution in [0.5, 0.6) is 0 Å². The van der Waals surface area contributed by atoms with Gasteiger partial charge in [-0.2, -0.15) is 0 Å². The van der Waals surface area contributed by atoms with E-state index in [1.807, 2.05) is 0 Å². The Hall–Kier alpha value is -0.170. The van der Waals surface area contributed by atoms with Gasteiger partial charge in [0.2, 0.25) is 10.0 Å². The van der Waals surface area contributed by atoms with Crippen molar-refractivity contribution in [1.29, 1.82) is 0 Å². The van der Waals surface area contributed by atoms with Crippen LogP contribution in [0.1, 0.15) is 26.7 Å². The molecule has 1 aliphatic rings. The van der Waals surface area contributed by atoms with Gasteiger partial charge in [0.05, 0.1) is 5.75 Å². The Morgan fingerprint density at radius 3 is 2.76 bits per heavy atom. The van der Waals surface area contributed by atoms with E-state index in [1.54, 1.807) is 0 Å². The minimum Gasteiger partial charge on any atom is -0.314 e. The van der Waals surface area contributed by atoms with Crippen LogP contribution in [0.25, 0.3) is 0 Å². The maximum atomic E-state index is 10.9. The van der Waals surface area contributed by atoms with E-state index < -0.39 is 10.0 Å². The summed E-state index contributed by atoms with van der Waals surface area (Å²) in [7, 11) is -3.32. The molecule has 0 spiro atoms. The smallest absolute Gasteiger partial charge is 0.210 e. The van der Waals surface area contributed by atoms with E-state index in [4.69, 9.17) is 5.14 Å². The maximum absolute atomic E-state index is 10.9.